The molecule has 0 aliphatic carbocycles. The molecular weight excluding hydrogens is 256 g/mol. The fourth-order valence-corrected chi connectivity index (χ4v) is 2.24. The van der Waals surface area contributed by atoms with Gasteiger partial charge in [-0.1, -0.05) is 6.92 Å². The summed E-state index contributed by atoms with van der Waals surface area (Å²) in [6.07, 6.45) is 2.43. The molecule has 118 valence electrons. The zero-order valence-electron chi connectivity index (χ0n) is 13.6. The molecule has 0 saturated carbocycles. The second kappa shape index (κ2) is 7.84. The zero-order valence-corrected chi connectivity index (χ0v) is 13.6. The molecule has 2 unspecified atom stereocenters. The summed E-state index contributed by atoms with van der Waals surface area (Å²) in [5.41, 5.74) is -0.438. The third-order valence-electron chi connectivity index (χ3n) is 3.18. The predicted octanol–water partition coefficient (Wildman–Crippen LogP) is 2.26. The molecule has 0 aromatic rings. The van der Waals surface area contributed by atoms with Gasteiger partial charge in [0, 0.05) is 26.7 Å². The van der Waals surface area contributed by atoms with Crippen LogP contribution in [0.4, 0.5) is 4.79 Å². The van der Waals surface area contributed by atoms with Gasteiger partial charge in [-0.25, -0.2) is 4.79 Å². The lowest BCUT2D eigenvalue weighted by molar-refractivity contribution is 0.0275. The van der Waals surface area contributed by atoms with Crippen LogP contribution in [0, 0.1) is 5.92 Å². The van der Waals surface area contributed by atoms with Gasteiger partial charge in [-0.05, 0) is 46.1 Å². The summed E-state index contributed by atoms with van der Waals surface area (Å²) in [7, 11) is 1.78. The highest BCUT2D eigenvalue weighted by molar-refractivity contribution is 5.67. The van der Waals surface area contributed by atoms with Crippen LogP contribution in [-0.4, -0.2) is 56.0 Å². The first-order chi connectivity index (χ1) is 9.28. The Morgan fingerprint density at radius 2 is 2.20 bits per heavy atom. The van der Waals surface area contributed by atoms with Crippen molar-refractivity contribution in [1.29, 1.82) is 0 Å². The fraction of sp³-hybridized carbons (Fsp3) is 0.933. The van der Waals surface area contributed by atoms with E-state index in [1.54, 1.807) is 11.9 Å². The van der Waals surface area contributed by atoms with Crippen LogP contribution >= 0.6 is 0 Å². The Morgan fingerprint density at radius 1 is 1.50 bits per heavy atom. The minimum Gasteiger partial charge on any atom is -0.444 e. The molecule has 0 spiro atoms. The van der Waals surface area contributed by atoms with Crippen molar-refractivity contribution in [3.8, 4) is 0 Å². The largest absolute Gasteiger partial charge is 0.444 e. The Hall–Kier alpha value is -0.810. The first kappa shape index (κ1) is 17.2. The van der Waals surface area contributed by atoms with Gasteiger partial charge in [-0.2, -0.15) is 0 Å². The second-order valence-corrected chi connectivity index (χ2v) is 6.76. The van der Waals surface area contributed by atoms with Crippen LogP contribution in [0.25, 0.3) is 0 Å². The molecule has 0 aromatic heterocycles. The number of amides is 1. The van der Waals surface area contributed by atoms with E-state index in [9.17, 15) is 4.79 Å². The van der Waals surface area contributed by atoms with E-state index in [0.717, 1.165) is 26.1 Å². The highest BCUT2D eigenvalue weighted by Crippen LogP contribution is 2.11. The molecule has 2 atom stereocenters. The van der Waals surface area contributed by atoms with Crippen LogP contribution in [0.3, 0.4) is 0 Å². The summed E-state index contributed by atoms with van der Waals surface area (Å²) in [5.74, 6) is 0.383. The van der Waals surface area contributed by atoms with Crippen molar-refractivity contribution in [2.75, 3.05) is 33.3 Å². The van der Waals surface area contributed by atoms with E-state index in [-0.39, 0.29) is 6.09 Å². The van der Waals surface area contributed by atoms with E-state index in [1.807, 2.05) is 20.8 Å². The number of hydrogen-bond acceptors (Lipinski definition) is 4. The maximum atomic E-state index is 11.8. The quantitative estimate of drug-likeness (QED) is 0.813. The van der Waals surface area contributed by atoms with Crippen LogP contribution in [0.1, 0.15) is 40.5 Å². The Kier molecular flexibility index (Phi) is 6.76. The van der Waals surface area contributed by atoms with E-state index >= 15 is 0 Å². The van der Waals surface area contributed by atoms with Gasteiger partial charge < -0.3 is 19.7 Å². The lowest BCUT2D eigenvalue weighted by Gasteiger charge is -2.26. The van der Waals surface area contributed by atoms with Crippen molar-refractivity contribution in [2.45, 2.75) is 52.2 Å². The smallest absolute Gasteiger partial charge is 0.410 e. The van der Waals surface area contributed by atoms with Gasteiger partial charge in [0.05, 0.1) is 6.10 Å². The third kappa shape index (κ3) is 7.10. The number of ether oxygens (including phenoxy) is 2. The molecule has 5 nitrogen and oxygen atoms in total. The lowest BCUT2D eigenvalue weighted by Crippen LogP contribution is -2.39. The monoisotopic (exact) mass is 286 g/mol. The van der Waals surface area contributed by atoms with Gasteiger partial charge in [-0.15, -0.1) is 0 Å². The molecule has 0 aromatic carbocycles. The molecular formula is C15H30N2O3. The minimum atomic E-state index is -0.438. The van der Waals surface area contributed by atoms with Crippen molar-refractivity contribution < 1.29 is 14.3 Å². The van der Waals surface area contributed by atoms with Crippen LogP contribution in [0.15, 0.2) is 0 Å². The molecule has 1 fully saturated rings. The maximum Gasteiger partial charge on any atom is 0.410 e. The van der Waals surface area contributed by atoms with Gasteiger partial charge in [0.2, 0.25) is 0 Å². The van der Waals surface area contributed by atoms with Crippen molar-refractivity contribution in [1.82, 2.24) is 10.2 Å². The predicted molar refractivity (Wildman–Crippen MR) is 79.9 cm³/mol. The summed E-state index contributed by atoms with van der Waals surface area (Å²) < 4.78 is 10.9. The maximum absolute atomic E-state index is 11.8. The molecule has 20 heavy (non-hydrogen) atoms. The number of hydrogen-bond donors (Lipinski definition) is 1. The topological polar surface area (TPSA) is 50.8 Å². The Balaban J connectivity index is 2.16. The average molecular weight is 286 g/mol. The normalized spacial score (nSPS) is 20.8. The molecule has 0 bridgehead atoms. The molecule has 1 amide bonds. The number of rotatable bonds is 6. The molecule has 1 rings (SSSR count). The first-order valence-corrected chi connectivity index (χ1v) is 7.54. The van der Waals surface area contributed by atoms with E-state index in [0.29, 0.717) is 18.6 Å². The van der Waals surface area contributed by atoms with Gasteiger partial charge in [0.15, 0.2) is 0 Å². The molecule has 1 aliphatic rings. The third-order valence-corrected chi connectivity index (χ3v) is 3.18. The summed E-state index contributed by atoms with van der Waals surface area (Å²) in [5, 5.41) is 3.42. The fourth-order valence-electron chi connectivity index (χ4n) is 2.24. The molecule has 1 heterocycles. The molecule has 1 N–H and O–H groups in total. The molecule has 0 radical (unpaired) electrons. The second-order valence-electron chi connectivity index (χ2n) is 6.76. The average Bonchev–Trinajstić information content (AvgIpc) is 2.79. The Bertz CT molecular complexity index is 296. The van der Waals surface area contributed by atoms with Crippen molar-refractivity contribution in [2.24, 2.45) is 5.92 Å². The minimum absolute atomic E-state index is 0.261. The van der Waals surface area contributed by atoms with Gasteiger partial charge in [0.1, 0.15) is 5.60 Å². The number of carbonyl (C=O) groups excluding carboxylic acids is 1. The number of carbonyl (C=O) groups is 1. The van der Waals surface area contributed by atoms with Crippen LogP contribution in [0.2, 0.25) is 0 Å². The Labute approximate surface area is 123 Å². The van der Waals surface area contributed by atoms with Crippen LogP contribution in [-0.2, 0) is 9.47 Å². The van der Waals surface area contributed by atoms with Gasteiger partial charge in [0.25, 0.3) is 0 Å². The summed E-state index contributed by atoms with van der Waals surface area (Å²) in [4.78, 5) is 13.5. The first-order valence-electron chi connectivity index (χ1n) is 7.54. The summed E-state index contributed by atoms with van der Waals surface area (Å²) in [6, 6.07) is 0. The standard InChI is InChI=1S/C15H30N2O3/c1-12(9-16-10-13-7-6-8-19-13)11-17(5)14(18)20-15(2,3)4/h12-13,16H,6-11H2,1-5H3. The van der Waals surface area contributed by atoms with Crippen LogP contribution < -0.4 is 5.32 Å². The van der Waals surface area contributed by atoms with E-state index in [2.05, 4.69) is 12.2 Å². The van der Waals surface area contributed by atoms with Gasteiger partial charge >= 0.3 is 6.09 Å². The lowest BCUT2D eigenvalue weighted by atomic mass is 10.1. The summed E-state index contributed by atoms with van der Waals surface area (Å²) in [6.45, 7) is 11.1. The highest BCUT2D eigenvalue weighted by atomic mass is 16.6. The van der Waals surface area contributed by atoms with Gasteiger partial charge in [-0.3, -0.25) is 0 Å². The summed E-state index contributed by atoms with van der Waals surface area (Å²) >= 11 is 0. The number of nitrogens with zero attached hydrogens (tertiary/aromatic N) is 1. The van der Waals surface area contributed by atoms with E-state index < -0.39 is 5.60 Å². The van der Waals surface area contributed by atoms with Crippen molar-refractivity contribution in [3.05, 3.63) is 0 Å². The van der Waals surface area contributed by atoms with E-state index in [1.165, 1.54) is 6.42 Å². The van der Waals surface area contributed by atoms with Crippen LogP contribution in [0.5, 0.6) is 0 Å². The zero-order chi connectivity index (χ0) is 15.2. The Morgan fingerprint density at radius 3 is 2.75 bits per heavy atom. The molecule has 5 heteroatoms. The molecule has 1 saturated heterocycles. The van der Waals surface area contributed by atoms with E-state index in [4.69, 9.17) is 9.47 Å². The SMILES string of the molecule is CC(CNCC1CCCO1)CN(C)C(=O)OC(C)(C)C. The van der Waals surface area contributed by atoms with Crippen molar-refractivity contribution >= 4 is 6.09 Å². The molecule has 1 aliphatic heterocycles. The van der Waals surface area contributed by atoms with Crippen molar-refractivity contribution in [3.63, 3.8) is 0 Å². The number of nitrogens with one attached hydrogen (secondary N) is 1. The highest BCUT2D eigenvalue weighted by Gasteiger charge is 2.21.